The van der Waals surface area contributed by atoms with Crippen molar-refractivity contribution in [2.75, 3.05) is 6.26 Å². The highest BCUT2D eigenvalue weighted by Gasteiger charge is 2.38. The summed E-state index contributed by atoms with van der Waals surface area (Å²) in [6.45, 7) is 0. The number of rotatable bonds is 4. The second kappa shape index (κ2) is 5.12. The van der Waals surface area contributed by atoms with Crippen LogP contribution >= 0.6 is 11.6 Å². The van der Waals surface area contributed by atoms with Crippen LogP contribution in [0.4, 0.5) is 8.78 Å². The van der Waals surface area contributed by atoms with Gasteiger partial charge in [-0.15, -0.1) is 0 Å². The van der Waals surface area contributed by atoms with Crippen molar-refractivity contribution in [3.05, 3.63) is 40.9 Å². The Kier molecular flexibility index (Phi) is 4.24. The quantitative estimate of drug-likeness (QED) is 0.798. The zero-order chi connectivity index (χ0) is 13.1. The molecule has 0 amide bonds. The maximum absolute atomic E-state index is 13.2. The summed E-state index contributed by atoms with van der Waals surface area (Å²) in [7, 11) is -4.29. The molecule has 0 radical (unpaired) electrons. The van der Waals surface area contributed by atoms with Gasteiger partial charge >= 0.3 is 6.11 Å². The Morgan fingerprint density at radius 2 is 1.88 bits per heavy atom. The van der Waals surface area contributed by atoms with Gasteiger partial charge in [0, 0.05) is 0 Å². The Morgan fingerprint density at radius 3 is 2.35 bits per heavy atom. The Balaban J connectivity index is 2.96. The topological polar surface area (TPSA) is 43.4 Å². The smallest absolute Gasteiger partial charge is 0.200 e. The van der Waals surface area contributed by atoms with Gasteiger partial charge in [0.2, 0.25) is 0 Å². The van der Waals surface area contributed by atoms with Crippen molar-refractivity contribution in [1.29, 1.82) is 0 Å². The molecule has 7 heteroatoms. The van der Waals surface area contributed by atoms with E-state index in [-0.39, 0.29) is 0 Å². The summed E-state index contributed by atoms with van der Waals surface area (Å²) in [6.07, 6.45) is -2.61. The highest BCUT2D eigenvalue weighted by molar-refractivity contribution is 7.86. The number of benzene rings is 1. The van der Waals surface area contributed by atoms with Gasteiger partial charge in [-0.2, -0.15) is 21.4 Å². The molecule has 1 aromatic rings. The highest BCUT2D eigenvalue weighted by Crippen LogP contribution is 2.31. The van der Waals surface area contributed by atoms with Crippen molar-refractivity contribution in [1.82, 2.24) is 0 Å². The van der Waals surface area contributed by atoms with Gasteiger partial charge in [0.15, 0.2) is 0 Å². The van der Waals surface area contributed by atoms with Crippen LogP contribution in [0.3, 0.4) is 0 Å². The fraction of sp³-hybridized carbons (Fsp3) is 0.200. The lowest BCUT2D eigenvalue weighted by Crippen LogP contribution is -2.24. The number of halogens is 3. The predicted molar refractivity (Wildman–Crippen MR) is 61.1 cm³/mol. The van der Waals surface area contributed by atoms with E-state index in [4.69, 9.17) is 11.6 Å². The molecule has 17 heavy (non-hydrogen) atoms. The Hall–Kier alpha value is -0.980. The Bertz CT molecular complexity index is 512. The molecule has 0 aliphatic carbocycles. The zero-order valence-electron chi connectivity index (χ0n) is 8.73. The van der Waals surface area contributed by atoms with Gasteiger partial charge in [0.25, 0.3) is 10.1 Å². The van der Waals surface area contributed by atoms with E-state index >= 15 is 0 Å². The summed E-state index contributed by atoms with van der Waals surface area (Å²) in [4.78, 5) is 0. The van der Waals surface area contributed by atoms with E-state index in [0.717, 1.165) is 6.08 Å². The first-order valence-electron chi connectivity index (χ1n) is 4.42. The minimum Gasteiger partial charge on any atom is -0.200 e. The maximum atomic E-state index is 13.2. The second-order valence-corrected chi connectivity index (χ2v) is 5.19. The molecule has 1 rings (SSSR count). The third kappa shape index (κ3) is 4.80. The third-order valence-corrected chi connectivity index (χ3v) is 2.47. The standard InChI is InChI=1S/C10H9ClF2O3S/c1-17(14,15)16-10(12,13)9(11)7-8-5-3-2-4-6-8/h2-7H,1H3/b9-7-. The SMILES string of the molecule is CS(=O)(=O)OC(F)(F)/C(Cl)=C/c1ccccc1. The second-order valence-electron chi connectivity index (χ2n) is 3.21. The van der Waals surface area contributed by atoms with Crippen LogP contribution in [0.15, 0.2) is 35.4 Å². The Labute approximate surface area is 103 Å². The minimum atomic E-state index is -4.29. The molecule has 0 aromatic heterocycles. The fourth-order valence-electron chi connectivity index (χ4n) is 1.01. The van der Waals surface area contributed by atoms with Crippen molar-refractivity contribution < 1.29 is 21.4 Å². The van der Waals surface area contributed by atoms with Crippen molar-refractivity contribution >= 4 is 27.8 Å². The number of alkyl halides is 2. The molecule has 94 valence electrons. The average molecular weight is 283 g/mol. The van der Waals surface area contributed by atoms with E-state index in [1.165, 1.54) is 0 Å². The molecular weight excluding hydrogens is 274 g/mol. The van der Waals surface area contributed by atoms with Gasteiger partial charge in [0.05, 0.1) is 6.26 Å². The summed E-state index contributed by atoms with van der Waals surface area (Å²) >= 11 is 5.33. The van der Waals surface area contributed by atoms with Gasteiger partial charge in [0.1, 0.15) is 5.03 Å². The lowest BCUT2D eigenvalue weighted by molar-refractivity contribution is -0.130. The molecule has 0 bridgehead atoms. The monoisotopic (exact) mass is 282 g/mol. The lowest BCUT2D eigenvalue weighted by Gasteiger charge is -2.13. The number of hydrogen-bond donors (Lipinski definition) is 0. The lowest BCUT2D eigenvalue weighted by atomic mass is 10.2. The molecule has 0 spiro atoms. The van der Waals surface area contributed by atoms with E-state index in [0.29, 0.717) is 11.8 Å². The van der Waals surface area contributed by atoms with Crippen molar-refractivity contribution in [2.45, 2.75) is 6.11 Å². The third-order valence-electron chi connectivity index (χ3n) is 1.63. The Morgan fingerprint density at radius 1 is 1.35 bits per heavy atom. The molecular formula is C10H9ClF2O3S. The molecule has 0 unspecified atom stereocenters. The van der Waals surface area contributed by atoms with Crippen LogP contribution < -0.4 is 0 Å². The molecule has 0 heterocycles. The van der Waals surface area contributed by atoms with Crippen LogP contribution in [0.1, 0.15) is 5.56 Å². The van der Waals surface area contributed by atoms with Gasteiger partial charge < -0.3 is 0 Å². The molecule has 0 fully saturated rings. The molecule has 0 saturated heterocycles. The molecule has 0 N–H and O–H groups in total. The molecule has 0 atom stereocenters. The van der Waals surface area contributed by atoms with Crippen molar-refractivity contribution in [3.63, 3.8) is 0 Å². The fourth-order valence-corrected chi connectivity index (χ4v) is 1.69. The first-order valence-corrected chi connectivity index (χ1v) is 6.61. The summed E-state index contributed by atoms with van der Waals surface area (Å²) in [5.74, 6) is 0. The van der Waals surface area contributed by atoms with Gasteiger partial charge in [-0.25, -0.2) is 0 Å². The molecule has 0 aliphatic rings. The van der Waals surface area contributed by atoms with E-state index in [2.05, 4.69) is 4.18 Å². The zero-order valence-corrected chi connectivity index (χ0v) is 10.3. The first kappa shape index (κ1) is 14.1. The largest absolute Gasteiger partial charge is 0.407 e. The predicted octanol–water partition coefficient (Wildman–Crippen LogP) is 2.84. The van der Waals surface area contributed by atoms with Gasteiger partial charge in [-0.3, -0.25) is 0 Å². The molecule has 1 aromatic carbocycles. The average Bonchev–Trinajstić information content (AvgIpc) is 2.15. The number of hydrogen-bond acceptors (Lipinski definition) is 3. The molecule has 0 aliphatic heterocycles. The minimum absolute atomic E-state index is 0.411. The van der Waals surface area contributed by atoms with Crippen LogP contribution in [0, 0.1) is 0 Å². The van der Waals surface area contributed by atoms with Crippen LogP contribution in [-0.4, -0.2) is 20.8 Å². The first-order chi connectivity index (χ1) is 7.71. The summed E-state index contributed by atoms with van der Waals surface area (Å²) in [6, 6.07) is 8.05. The normalized spacial score (nSPS) is 13.8. The van der Waals surface area contributed by atoms with Gasteiger partial charge in [-0.1, -0.05) is 41.9 Å². The van der Waals surface area contributed by atoms with E-state index < -0.39 is 21.3 Å². The van der Waals surface area contributed by atoms with E-state index in [1.54, 1.807) is 30.3 Å². The molecule has 3 nitrogen and oxygen atoms in total. The maximum Gasteiger partial charge on any atom is 0.407 e. The summed E-state index contributed by atoms with van der Waals surface area (Å²) in [5.41, 5.74) is 0.411. The van der Waals surface area contributed by atoms with Crippen LogP contribution in [0.25, 0.3) is 6.08 Å². The van der Waals surface area contributed by atoms with Crippen molar-refractivity contribution in [3.8, 4) is 0 Å². The van der Waals surface area contributed by atoms with Crippen LogP contribution in [-0.2, 0) is 14.3 Å². The summed E-state index contributed by atoms with van der Waals surface area (Å²) in [5, 5.41) is -1.01. The van der Waals surface area contributed by atoms with E-state index in [9.17, 15) is 17.2 Å². The van der Waals surface area contributed by atoms with Crippen LogP contribution in [0.2, 0.25) is 0 Å². The highest BCUT2D eigenvalue weighted by atomic mass is 35.5. The van der Waals surface area contributed by atoms with Crippen LogP contribution in [0.5, 0.6) is 0 Å². The summed E-state index contributed by atoms with van der Waals surface area (Å²) < 4.78 is 51.2. The molecule has 0 saturated carbocycles. The van der Waals surface area contributed by atoms with Gasteiger partial charge in [-0.05, 0) is 11.6 Å². The van der Waals surface area contributed by atoms with Crippen molar-refractivity contribution in [2.24, 2.45) is 0 Å². The van der Waals surface area contributed by atoms with E-state index in [1.807, 2.05) is 0 Å².